The lowest BCUT2D eigenvalue weighted by molar-refractivity contribution is -0.117. The zero-order valence-corrected chi connectivity index (χ0v) is 18.6. The third kappa shape index (κ3) is 5.19. The van der Waals surface area contributed by atoms with E-state index in [-0.39, 0.29) is 11.3 Å². The quantitative estimate of drug-likeness (QED) is 0.215. The molecule has 4 aromatic rings. The third-order valence-electron chi connectivity index (χ3n) is 5.03. The van der Waals surface area contributed by atoms with E-state index in [9.17, 15) is 9.59 Å². The number of amides is 2. The van der Waals surface area contributed by atoms with Crippen molar-refractivity contribution in [1.82, 2.24) is 15.7 Å². The molecular weight excluding hydrogens is 436 g/mol. The summed E-state index contributed by atoms with van der Waals surface area (Å²) in [6, 6.07) is 23.7. The van der Waals surface area contributed by atoms with E-state index in [1.165, 1.54) is 0 Å². The smallest absolute Gasteiger partial charge is 0.287 e. The number of hydrogen-bond donors (Lipinski definition) is 3. The number of aromatic nitrogens is 1. The number of hydrazone groups is 1. The van der Waals surface area contributed by atoms with Crippen LogP contribution < -0.4 is 10.7 Å². The molecule has 6 nitrogen and oxygen atoms in total. The number of benzene rings is 3. The van der Waals surface area contributed by atoms with Crippen LogP contribution in [0.5, 0.6) is 0 Å². The molecule has 4 rings (SSSR count). The van der Waals surface area contributed by atoms with Crippen LogP contribution in [0, 0.1) is 6.92 Å². The summed E-state index contributed by atoms with van der Waals surface area (Å²) in [6.45, 7) is 1.94. The van der Waals surface area contributed by atoms with E-state index in [1.807, 2.05) is 61.5 Å². The maximum Gasteiger partial charge on any atom is 0.287 e. The zero-order valence-electron chi connectivity index (χ0n) is 17.8. The van der Waals surface area contributed by atoms with Gasteiger partial charge in [0.25, 0.3) is 11.8 Å². The molecule has 7 heteroatoms. The molecule has 0 atom stereocenters. The first-order valence-electron chi connectivity index (χ1n) is 10.3. The highest BCUT2D eigenvalue weighted by atomic mass is 35.5. The topological polar surface area (TPSA) is 86.3 Å². The number of para-hydroxylation sites is 1. The van der Waals surface area contributed by atoms with Crippen molar-refractivity contribution in [3.63, 3.8) is 0 Å². The molecule has 0 unspecified atom stereocenters. The summed E-state index contributed by atoms with van der Waals surface area (Å²) in [4.78, 5) is 29.0. The van der Waals surface area contributed by atoms with Crippen LogP contribution in [0.3, 0.4) is 0 Å². The molecule has 0 radical (unpaired) electrons. The number of fused-ring (bicyclic) bond motifs is 1. The van der Waals surface area contributed by atoms with E-state index < -0.39 is 11.8 Å². The summed E-state index contributed by atoms with van der Waals surface area (Å²) in [7, 11) is 0. The molecule has 3 aromatic carbocycles. The minimum atomic E-state index is -0.562. The summed E-state index contributed by atoms with van der Waals surface area (Å²) < 4.78 is 0. The van der Waals surface area contributed by atoms with Crippen molar-refractivity contribution in [1.29, 1.82) is 0 Å². The number of rotatable bonds is 6. The van der Waals surface area contributed by atoms with E-state index in [4.69, 9.17) is 11.6 Å². The Bertz CT molecular complexity index is 1370. The summed E-state index contributed by atoms with van der Waals surface area (Å²) in [5, 5.41) is 8.07. The molecule has 1 heterocycles. The van der Waals surface area contributed by atoms with Crippen molar-refractivity contribution in [3.05, 3.63) is 112 Å². The van der Waals surface area contributed by atoms with Crippen LogP contribution in [0.25, 0.3) is 17.0 Å². The first kappa shape index (κ1) is 22.0. The van der Waals surface area contributed by atoms with Gasteiger partial charge in [-0.05, 0) is 36.8 Å². The van der Waals surface area contributed by atoms with Crippen LogP contribution in [-0.4, -0.2) is 23.0 Å². The molecule has 164 valence electrons. The van der Waals surface area contributed by atoms with Crippen LogP contribution in [0.4, 0.5) is 0 Å². The van der Waals surface area contributed by atoms with Gasteiger partial charge in [0.2, 0.25) is 0 Å². The lowest BCUT2D eigenvalue weighted by Crippen LogP contribution is -2.33. The number of aryl methyl sites for hydroxylation is 1. The minimum Gasteiger partial charge on any atom is -0.358 e. The Morgan fingerprint density at radius 3 is 2.42 bits per heavy atom. The first-order chi connectivity index (χ1) is 16.0. The van der Waals surface area contributed by atoms with Crippen LogP contribution in [-0.2, 0) is 4.79 Å². The van der Waals surface area contributed by atoms with Gasteiger partial charge in [0.15, 0.2) is 0 Å². The summed E-state index contributed by atoms with van der Waals surface area (Å²) in [6.07, 6.45) is 3.17. The number of nitrogens with one attached hydrogen (secondary N) is 3. The lowest BCUT2D eigenvalue weighted by Gasteiger charge is -2.10. The van der Waals surface area contributed by atoms with Gasteiger partial charge < -0.3 is 10.3 Å². The van der Waals surface area contributed by atoms with Crippen molar-refractivity contribution >= 4 is 46.6 Å². The number of carbonyl (C=O) groups is 2. The van der Waals surface area contributed by atoms with E-state index in [2.05, 4.69) is 20.8 Å². The minimum absolute atomic E-state index is 0.0407. The van der Waals surface area contributed by atoms with Gasteiger partial charge in [0, 0.05) is 22.2 Å². The van der Waals surface area contributed by atoms with Crippen molar-refractivity contribution in [2.24, 2.45) is 5.10 Å². The third-order valence-corrected chi connectivity index (χ3v) is 5.35. The van der Waals surface area contributed by atoms with E-state index >= 15 is 0 Å². The lowest BCUT2D eigenvalue weighted by atomic mass is 10.1. The molecule has 0 aliphatic heterocycles. The molecule has 0 spiro atoms. The van der Waals surface area contributed by atoms with Gasteiger partial charge in [0.1, 0.15) is 5.70 Å². The van der Waals surface area contributed by atoms with Gasteiger partial charge in [-0.2, -0.15) is 5.10 Å². The number of hydrogen-bond acceptors (Lipinski definition) is 3. The number of carbonyl (C=O) groups excluding carboxylic acids is 2. The molecule has 1 aromatic heterocycles. The monoisotopic (exact) mass is 456 g/mol. The molecule has 0 saturated carbocycles. The maximum absolute atomic E-state index is 12.9. The summed E-state index contributed by atoms with van der Waals surface area (Å²) in [5.41, 5.74) is 6.35. The number of aromatic amines is 1. The second-order valence-electron chi connectivity index (χ2n) is 7.31. The van der Waals surface area contributed by atoms with E-state index in [0.29, 0.717) is 5.02 Å². The van der Waals surface area contributed by atoms with Crippen LogP contribution in [0.1, 0.15) is 27.2 Å². The highest BCUT2D eigenvalue weighted by molar-refractivity contribution is 6.34. The Kier molecular flexibility index (Phi) is 6.66. The highest BCUT2D eigenvalue weighted by Gasteiger charge is 2.16. The van der Waals surface area contributed by atoms with Gasteiger partial charge in [0.05, 0.1) is 16.8 Å². The van der Waals surface area contributed by atoms with Crippen LogP contribution >= 0.6 is 11.6 Å². The Morgan fingerprint density at radius 2 is 1.64 bits per heavy atom. The van der Waals surface area contributed by atoms with Crippen LogP contribution in [0.15, 0.2) is 89.7 Å². The average Bonchev–Trinajstić information content (AvgIpc) is 3.14. The molecule has 0 saturated heterocycles. The normalized spacial score (nSPS) is 11.6. The number of nitrogens with zero attached hydrogens (tertiary/aromatic N) is 1. The zero-order chi connectivity index (χ0) is 23.2. The van der Waals surface area contributed by atoms with Gasteiger partial charge in [-0.15, -0.1) is 0 Å². The first-order valence-corrected chi connectivity index (χ1v) is 10.6. The summed E-state index contributed by atoms with van der Waals surface area (Å²) >= 11 is 6.14. The Hall–Kier alpha value is -4.16. The standard InChI is InChI=1S/C26H21ClN4O2/c1-17-21(19-11-6-8-14-23(19)29-17)16-28-31-26(33)24(15-18-9-3-2-4-10-18)30-25(32)20-12-5-7-13-22(20)27/h2-16,29H,1H3,(H,30,32)(H,31,33). The fourth-order valence-corrected chi connectivity index (χ4v) is 3.61. The van der Waals surface area contributed by atoms with Crippen molar-refractivity contribution in [2.75, 3.05) is 0 Å². The predicted molar refractivity (Wildman–Crippen MR) is 132 cm³/mol. The maximum atomic E-state index is 12.9. The van der Waals surface area contributed by atoms with Gasteiger partial charge in [-0.1, -0.05) is 72.3 Å². The van der Waals surface area contributed by atoms with Gasteiger partial charge >= 0.3 is 0 Å². The Morgan fingerprint density at radius 1 is 0.939 bits per heavy atom. The average molecular weight is 457 g/mol. The molecule has 3 N–H and O–H groups in total. The second kappa shape index (κ2) is 9.97. The van der Waals surface area contributed by atoms with Crippen molar-refractivity contribution < 1.29 is 9.59 Å². The van der Waals surface area contributed by atoms with Crippen molar-refractivity contribution in [3.8, 4) is 0 Å². The van der Waals surface area contributed by atoms with Gasteiger partial charge in [-0.25, -0.2) is 5.43 Å². The fourth-order valence-electron chi connectivity index (χ4n) is 3.39. The highest BCUT2D eigenvalue weighted by Crippen LogP contribution is 2.20. The molecule has 33 heavy (non-hydrogen) atoms. The molecule has 0 aliphatic rings. The largest absolute Gasteiger partial charge is 0.358 e. The van der Waals surface area contributed by atoms with E-state index in [0.717, 1.165) is 27.7 Å². The Balaban J connectivity index is 1.57. The fraction of sp³-hybridized carbons (Fsp3) is 0.0385. The molecule has 0 bridgehead atoms. The number of halogens is 1. The predicted octanol–water partition coefficient (Wildman–Crippen LogP) is 5.05. The molecule has 2 amide bonds. The summed E-state index contributed by atoms with van der Waals surface area (Å²) in [5.74, 6) is -1.05. The molecule has 0 fully saturated rings. The molecule has 0 aliphatic carbocycles. The second-order valence-corrected chi connectivity index (χ2v) is 7.72. The van der Waals surface area contributed by atoms with Gasteiger partial charge in [-0.3, -0.25) is 9.59 Å². The van der Waals surface area contributed by atoms with Crippen LogP contribution in [0.2, 0.25) is 5.02 Å². The molecular formula is C26H21ClN4O2. The Labute approximate surface area is 196 Å². The number of H-pyrrole nitrogens is 1. The SMILES string of the molecule is Cc1[nH]c2ccccc2c1C=NNC(=O)C(=Cc1ccccc1)NC(=O)c1ccccc1Cl. The van der Waals surface area contributed by atoms with Crippen molar-refractivity contribution in [2.45, 2.75) is 6.92 Å². The van der Waals surface area contributed by atoms with E-state index in [1.54, 1.807) is 36.6 Å².